The molecule has 0 aliphatic heterocycles. The van der Waals surface area contributed by atoms with Gasteiger partial charge in [-0.25, -0.2) is 0 Å². The number of rotatable bonds is 5. The lowest BCUT2D eigenvalue weighted by Crippen LogP contribution is -2.25. The third-order valence-electron chi connectivity index (χ3n) is 2.04. The van der Waals surface area contributed by atoms with E-state index in [9.17, 15) is 0 Å². The van der Waals surface area contributed by atoms with E-state index in [2.05, 4.69) is 43.4 Å². The molecular weight excluding hydrogens is 315 g/mol. The minimum atomic E-state index is 0.174. The molecule has 3 heteroatoms. The molecule has 0 fully saturated rings. The molecule has 0 aliphatic rings. The summed E-state index contributed by atoms with van der Waals surface area (Å²) in [4.78, 5) is 0. The first-order chi connectivity index (χ1) is 7.50. The van der Waals surface area contributed by atoms with Crippen molar-refractivity contribution in [3.63, 3.8) is 0 Å². The molecular formula is C13H19IO2. The van der Waals surface area contributed by atoms with E-state index in [4.69, 9.17) is 9.47 Å². The third-order valence-corrected chi connectivity index (χ3v) is 4.27. The first kappa shape index (κ1) is 13.8. The van der Waals surface area contributed by atoms with Gasteiger partial charge >= 0.3 is 0 Å². The SMILES string of the molecule is CC(C)(C)C(I)OCCOc1ccccc1. The number of halogens is 1. The maximum Gasteiger partial charge on any atom is 0.119 e. The van der Waals surface area contributed by atoms with Crippen LogP contribution < -0.4 is 4.74 Å². The fourth-order valence-corrected chi connectivity index (χ4v) is 1.33. The molecule has 0 saturated heterocycles. The summed E-state index contributed by atoms with van der Waals surface area (Å²) in [5.41, 5.74) is 0.174. The molecule has 1 rings (SSSR count). The Labute approximate surface area is 111 Å². The Bertz CT molecular complexity index is 293. The summed E-state index contributed by atoms with van der Waals surface area (Å²) in [7, 11) is 0. The van der Waals surface area contributed by atoms with E-state index >= 15 is 0 Å². The Hall–Kier alpha value is -0.290. The van der Waals surface area contributed by atoms with Gasteiger partial charge in [0, 0.05) is 0 Å². The summed E-state index contributed by atoms with van der Waals surface area (Å²) >= 11 is 2.32. The minimum Gasteiger partial charge on any atom is -0.491 e. The van der Waals surface area contributed by atoms with Crippen LogP contribution in [0.4, 0.5) is 0 Å². The molecule has 1 atom stereocenters. The predicted molar refractivity (Wildman–Crippen MR) is 75.2 cm³/mol. The molecule has 0 saturated carbocycles. The van der Waals surface area contributed by atoms with Crippen LogP contribution in [0.1, 0.15) is 20.8 Å². The zero-order valence-electron chi connectivity index (χ0n) is 10.1. The Morgan fingerprint density at radius 2 is 1.75 bits per heavy atom. The van der Waals surface area contributed by atoms with E-state index < -0.39 is 0 Å². The Balaban J connectivity index is 2.18. The van der Waals surface area contributed by atoms with E-state index in [-0.39, 0.29) is 9.53 Å². The third kappa shape index (κ3) is 5.16. The van der Waals surface area contributed by atoms with Gasteiger partial charge < -0.3 is 9.47 Å². The molecule has 90 valence electrons. The minimum absolute atomic E-state index is 0.174. The molecule has 0 amide bonds. The second-order valence-corrected chi connectivity index (χ2v) is 5.85. The number of hydrogen-bond acceptors (Lipinski definition) is 2. The van der Waals surface area contributed by atoms with E-state index in [0.717, 1.165) is 5.75 Å². The van der Waals surface area contributed by atoms with Crippen molar-refractivity contribution in [1.82, 2.24) is 0 Å². The highest BCUT2D eigenvalue weighted by molar-refractivity contribution is 14.1. The topological polar surface area (TPSA) is 18.5 Å². The highest BCUT2D eigenvalue weighted by Gasteiger charge is 2.21. The summed E-state index contributed by atoms with van der Waals surface area (Å²) in [6.07, 6.45) is 0. The lowest BCUT2D eigenvalue weighted by atomic mass is 9.99. The maximum absolute atomic E-state index is 5.69. The van der Waals surface area contributed by atoms with Gasteiger partial charge in [-0.05, 0) is 17.5 Å². The zero-order chi connectivity index (χ0) is 12.0. The normalized spacial score (nSPS) is 13.5. The van der Waals surface area contributed by atoms with Crippen molar-refractivity contribution in [1.29, 1.82) is 0 Å². The van der Waals surface area contributed by atoms with Crippen LogP contribution in [0.5, 0.6) is 5.75 Å². The van der Waals surface area contributed by atoms with Crippen molar-refractivity contribution in [2.45, 2.75) is 24.9 Å². The average molecular weight is 334 g/mol. The smallest absolute Gasteiger partial charge is 0.119 e. The van der Waals surface area contributed by atoms with Crippen LogP contribution in [-0.2, 0) is 4.74 Å². The van der Waals surface area contributed by atoms with Gasteiger partial charge in [0.05, 0.1) is 6.61 Å². The van der Waals surface area contributed by atoms with Gasteiger partial charge in [-0.3, -0.25) is 0 Å². The molecule has 2 nitrogen and oxygen atoms in total. The Morgan fingerprint density at radius 1 is 1.12 bits per heavy atom. The first-order valence-electron chi connectivity index (χ1n) is 5.43. The second-order valence-electron chi connectivity index (χ2n) is 4.71. The molecule has 0 aliphatic carbocycles. The highest BCUT2D eigenvalue weighted by atomic mass is 127. The zero-order valence-corrected chi connectivity index (χ0v) is 12.2. The van der Waals surface area contributed by atoms with Gasteiger partial charge in [-0.2, -0.15) is 0 Å². The quantitative estimate of drug-likeness (QED) is 0.462. The number of para-hydroxylation sites is 1. The molecule has 0 aromatic heterocycles. The Kier molecular flexibility index (Phi) is 5.55. The Morgan fingerprint density at radius 3 is 2.31 bits per heavy atom. The van der Waals surface area contributed by atoms with Crippen molar-refractivity contribution in [3.8, 4) is 5.75 Å². The molecule has 0 heterocycles. The van der Waals surface area contributed by atoms with Crippen LogP contribution in [0, 0.1) is 5.41 Å². The van der Waals surface area contributed by atoms with Gasteiger partial charge in [0.1, 0.15) is 16.5 Å². The second kappa shape index (κ2) is 6.45. The van der Waals surface area contributed by atoms with Crippen molar-refractivity contribution in [2.24, 2.45) is 5.41 Å². The van der Waals surface area contributed by atoms with Crippen molar-refractivity contribution in [2.75, 3.05) is 13.2 Å². The van der Waals surface area contributed by atoms with E-state index in [1.807, 2.05) is 30.3 Å². The largest absolute Gasteiger partial charge is 0.491 e. The lowest BCUT2D eigenvalue weighted by Gasteiger charge is -2.25. The van der Waals surface area contributed by atoms with Crippen molar-refractivity contribution >= 4 is 22.6 Å². The first-order valence-corrected chi connectivity index (χ1v) is 6.68. The van der Waals surface area contributed by atoms with Crippen LogP contribution in [-0.4, -0.2) is 17.3 Å². The molecule has 1 aromatic carbocycles. The van der Waals surface area contributed by atoms with E-state index in [1.165, 1.54) is 0 Å². The number of ether oxygens (including phenoxy) is 2. The molecule has 0 radical (unpaired) electrons. The van der Waals surface area contributed by atoms with E-state index in [1.54, 1.807) is 0 Å². The number of hydrogen-bond donors (Lipinski definition) is 0. The number of alkyl halides is 1. The fourth-order valence-electron chi connectivity index (χ4n) is 1.08. The van der Waals surface area contributed by atoms with Crippen LogP contribution in [0.3, 0.4) is 0 Å². The van der Waals surface area contributed by atoms with Gasteiger partial charge in [0.25, 0.3) is 0 Å². The average Bonchev–Trinajstić information content (AvgIpc) is 2.24. The van der Waals surface area contributed by atoms with Gasteiger partial charge in [0.2, 0.25) is 0 Å². The van der Waals surface area contributed by atoms with Crippen molar-refractivity contribution in [3.05, 3.63) is 30.3 Å². The fraction of sp³-hybridized carbons (Fsp3) is 0.538. The van der Waals surface area contributed by atoms with Gasteiger partial charge in [0.15, 0.2) is 0 Å². The molecule has 0 N–H and O–H groups in total. The van der Waals surface area contributed by atoms with Gasteiger partial charge in [-0.15, -0.1) is 0 Å². The van der Waals surface area contributed by atoms with Crippen LogP contribution in [0.2, 0.25) is 0 Å². The highest BCUT2D eigenvalue weighted by Crippen LogP contribution is 2.27. The standard InChI is InChI=1S/C13H19IO2/c1-13(2,3)12(14)16-10-9-15-11-7-5-4-6-8-11/h4-8,12H,9-10H2,1-3H3. The van der Waals surface area contributed by atoms with Crippen LogP contribution in [0.25, 0.3) is 0 Å². The van der Waals surface area contributed by atoms with Crippen LogP contribution >= 0.6 is 22.6 Å². The summed E-state index contributed by atoms with van der Waals surface area (Å²) < 4.78 is 11.4. The van der Waals surface area contributed by atoms with Crippen molar-refractivity contribution < 1.29 is 9.47 Å². The predicted octanol–water partition coefficient (Wildman–Crippen LogP) is 3.89. The molecule has 0 bridgehead atoms. The molecule has 1 unspecified atom stereocenters. The summed E-state index contributed by atoms with van der Waals surface area (Å²) in [5.74, 6) is 0.895. The summed E-state index contributed by atoms with van der Waals surface area (Å²) in [6.45, 7) is 7.73. The molecule has 1 aromatic rings. The summed E-state index contributed by atoms with van der Waals surface area (Å²) in [5, 5.41) is 0. The molecule has 16 heavy (non-hydrogen) atoms. The molecule has 0 spiro atoms. The van der Waals surface area contributed by atoms with Crippen LogP contribution in [0.15, 0.2) is 30.3 Å². The lowest BCUT2D eigenvalue weighted by molar-refractivity contribution is 0.0380. The number of benzene rings is 1. The van der Waals surface area contributed by atoms with Gasteiger partial charge in [-0.1, -0.05) is 61.6 Å². The summed E-state index contributed by atoms with van der Waals surface area (Å²) in [6, 6.07) is 9.80. The monoisotopic (exact) mass is 334 g/mol. The maximum atomic E-state index is 5.69. The van der Waals surface area contributed by atoms with E-state index in [0.29, 0.717) is 13.2 Å².